The number of ether oxygens (including phenoxy) is 1. The van der Waals surface area contributed by atoms with Crippen molar-refractivity contribution in [3.05, 3.63) is 55.3 Å². The molecule has 0 fully saturated rings. The highest BCUT2D eigenvalue weighted by molar-refractivity contribution is 8.44. The van der Waals surface area contributed by atoms with Crippen LogP contribution in [-0.4, -0.2) is 42.2 Å². The highest BCUT2D eigenvalue weighted by Crippen LogP contribution is 2.65. The number of carbonyl (C=O) groups is 1. The number of carboxylic acid groups (broad SMARTS) is 1. The third-order valence-electron chi connectivity index (χ3n) is 3.94. The lowest BCUT2D eigenvalue weighted by atomic mass is 10.2. The average Bonchev–Trinajstić information content (AvgIpc) is 3.39. The zero-order chi connectivity index (χ0) is 22.2. The highest BCUT2D eigenvalue weighted by atomic mass is 32.3. The van der Waals surface area contributed by atoms with Crippen LogP contribution in [-0.2, 0) is 0 Å². The lowest BCUT2D eigenvalue weighted by Gasteiger charge is -2.07. The average molecular weight is 567 g/mol. The monoisotopic (exact) mass is 566 g/mol. The maximum Gasteiger partial charge on any atom is 0.335 e. The van der Waals surface area contributed by atoms with Crippen LogP contribution < -0.4 is 4.74 Å². The molecule has 2 heterocycles. The van der Waals surface area contributed by atoms with E-state index in [0.717, 1.165) is 24.3 Å². The minimum absolute atomic E-state index is 0.280. The number of aromatic carboxylic acids is 1. The minimum atomic E-state index is -0.917. The maximum atomic E-state index is 10.9. The fraction of sp³-hybridized carbons (Fsp3) is 0.350. The van der Waals surface area contributed by atoms with Crippen molar-refractivity contribution in [1.82, 2.24) is 0 Å². The molecular formula is C20H22O3S8. The summed E-state index contributed by atoms with van der Waals surface area (Å²) in [5, 5.41) is 8.94. The minimum Gasteiger partial charge on any atom is -0.494 e. The topological polar surface area (TPSA) is 46.5 Å². The van der Waals surface area contributed by atoms with Crippen molar-refractivity contribution in [2.45, 2.75) is 12.8 Å². The highest BCUT2D eigenvalue weighted by Gasteiger charge is 2.29. The Kier molecular flexibility index (Phi) is 11.3. The third-order valence-corrected chi connectivity index (χ3v) is 15.1. The summed E-state index contributed by atoms with van der Waals surface area (Å²) in [6.45, 7) is 0.645. The van der Waals surface area contributed by atoms with Crippen molar-refractivity contribution in [3.8, 4) is 5.75 Å². The first-order chi connectivity index (χ1) is 15.0. The standard InChI is InChI=1S/C20H22O3S8/c1-24-15-16(25-2)29-19(28-15)20-30-17(26-3)18(31-20)27-11-5-4-10-23-13-8-6-12(7-9-13)14(21)22/h6-9H,4-5,10-11H2,1-3H3,(H,21,22). The molecule has 11 heteroatoms. The summed E-state index contributed by atoms with van der Waals surface area (Å²) >= 11 is 15.2. The van der Waals surface area contributed by atoms with Gasteiger partial charge in [-0.3, -0.25) is 0 Å². The largest absolute Gasteiger partial charge is 0.494 e. The number of rotatable bonds is 11. The second kappa shape index (κ2) is 13.4. The molecule has 0 aromatic heterocycles. The first kappa shape index (κ1) is 26.1. The van der Waals surface area contributed by atoms with E-state index in [9.17, 15) is 4.79 Å². The normalized spacial score (nSPS) is 16.6. The van der Waals surface area contributed by atoms with Crippen molar-refractivity contribution in [2.75, 3.05) is 31.1 Å². The first-order valence-electron chi connectivity index (χ1n) is 9.20. The smallest absolute Gasteiger partial charge is 0.335 e. The molecule has 3 nitrogen and oxygen atoms in total. The number of carboxylic acids is 1. The molecule has 1 aromatic rings. The van der Waals surface area contributed by atoms with Crippen LogP contribution in [0.3, 0.4) is 0 Å². The molecule has 31 heavy (non-hydrogen) atoms. The molecule has 2 aliphatic heterocycles. The van der Waals surface area contributed by atoms with Gasteiger partial charge < -0.3 is 9.84 Å². The van der Waals surface area contributed by atoms with Gasteiger partial charge in [0.2, 0.25) is 0 Å². The van der Waals surface area contributed by atoms with Crippen LogP contribution in [0.2, 0.25) is 0 Å². The van der Waals surface area contributed by atoms with Crippen LogP contribution in [0, 0.1) is 0 Å². The molecule has 0 aliphatic carbocycles. The number of thioether (sulfide) groups is 8. The van der Waals surface area contributed by atoms with E-state index < -0.39 is 5.97 Å². The van der Waals surface area contributed by atoms with Gasteiger partial charge in [0.05, 0.1) is 37.6 Å². The van der Waals surface area contributed by atoms with Gasteiger partial charge in [-0.2, -0.15) is 0 Å². The van der Waals surface area contributed by atoms with Gasteiger partial charge in [0.15, 0.2) is 0 Å². The van der Waals surface area contributed by atoms with E-state index in [2.05, 4.69) is 18.8 Å². The zero-order valence-electron chi connectivity index (χ0n) is 17.2. The Morgan fingerprint density at radius 3 is 1.87 bits per heavy atom. The Morgan fingerprint density at radius 2 is 1.35 bits per heavy atom. The summed E-state index contributed by atoms with van der Waals surface area (Å²) in [6, 6.07) is 6.58. The molecule has 168 valence electrons. The summed E-state index contributed by atoms with van der Waals surface area (Å²) in [4.78, 5) is 10.9. The summed E-state index contributed by atoms with van der Waals surface area (Å²) in [5.41, 5.74) is 0.280. The fourth-order valence-corrected chi connectivity index (χ4v) is 13.2. The van der Waals surface area contributed by atoms with Gasteiger partial charge in [-0.05, 0) is 61.6 Å². The number of unbranched alkanes of at least 4 members (excludes halogenated alkanes) is 1. The third kappa shape index (κ3) is 7.50. The molecule has 1 aromatic carbocycles. The number of hydrogen-bond donors (Lipinski definition) is 1. The lowest BCUT2D eigenvalue weighted by Crippen LogP contribution is -1.99. The molecule has 0 unspecified atom stereocenters. The van der Waals surface area contributed by atoms with Crippen LogP contribution >= 0.6 is 94.1 Å². The van der Waals surface area contributed by atoms with Crippen LogP contribution in [0.15, 0.2) is 49.7 Å². The second-order valence-corrected chi connectivity index (χ2v) is 15.2. The predicted octanol–water partition coefficient (Wildman–Crippen LogP) is 8.71. The predicted molar refractivity (Wildman–Crippen MR) is 153 cm³/mol. The van der Waals surface area contributed by atoms with Crippen LogP contribution in [0.25, 0.3) is 0 Å². The Bertz CT molecular complexity index is 874. The summed E-state index contributed by atoms with van der Waals surface area (Å²) in [5.74, 6) is 0.875. The Morgan fingerprint density at radius 1 is 0.839 bits per heavy atom. The molecule has 2 aliphatic rings. The van der Waals surface area contributed by atoms with Crippen molar-refractivity contribution in [1.29, 1.82) is 0 Å². The Balaban J connectivity index is 1.41. The van der Waals surface area contributed by atoms with E-state index >= 15 is 0 Å². The van der Waals surface area contributed by atoms with E-state index in [0.29, 0.717) is 6.61 Å². The van der Waals surface area contributed by atoms with Gasteiger partial charge in [-0.15, -0.1) is 47.0 Å². The Hall–Kier alpha value is 0.510. The SMILES string of the molecule is CSC1=C(SC)SC(=C2SC(SC)=C(SCCCCOc3ccc(C(=O)O)cc3)S2)S1. The zero-order valence-corrected chi connectivity index (χ0v) is 23.7. The number of hydrogen-bond acceptors (Lipinski definition) is 10. The Labute approximate surface area is 218 Å². The molecule has 0 spiro atoms. The van der Waals surface area contributed by atoms with Crippen LogP contribution in [0.4, 0.5) is 0 Å². The van der Waals surface area contributed by atoms with Gasteiger partial charge in [-0.1, -0.05) is 47.0 Å². The molecule has 0 saturated carbocycles. The van der Waals surface area contributed by atoms with E-state index in [4.69, 9.17) is 9.84 Å². The molecule has 0 atom stereocenters. The van der Waals surface area contributed by atoms with Crippen molar-refractivity contribution in [3.63, 3.8) is 0 Å². The summed E-state index contributed by atoms with van der Waals surface area (Å²) in [6.07, 6.45) is 8.53. The van der Waals surface area contributed by atoms with Crippen molar-refractivity contribution < 1.29 is 14.6 Å². The lowest BCUT2D eigenvalue weighted by molar-refractivity contribution is 0.0697. The van der Waals surface area contributed by atoms with E-state index in [-0.39, 0.29) is 5.56 Å². The van der Waals surface area contributed by atoms with Gasteiger partial charge >= 0.3 is 5.97 Å². The maximum absolute atomic E-state index is 10.9. The van der Waals surface area contributed by atoms with E-state index in [1.807, 2.05) is 94.1 Å². The van der Waals surface area contributed by atoms with Gasteiger partial charge in [0.1, 0.15) is 5.75 Å². The summed E-state index contributed by atoms with van der Waals surface area (Å²) < 4.78 is 14.3. The van der Waals surface area contributed by atoms with Gasteiger partial charge in [0.25, 0.3) is 0 Å². The second-order valence-electron chi connectivity index (χ2n) is 5.98. The molecule has 0 amide bonds. The molecule has 3 rings (SSSR count). The fourth-order valence-electron chi connectivity index (χ4n) is 2.43. The van der Waals surface area contributed by atoms with Crippen LogP contribution in [0.5, 0.6) is 5.75 Å². The quantitative estimate of drug-likeness (QED) is 0.262. The van der Waals surface area contributed by atoms with Gasteiger partial charge in [-0.25, -0.2) is 4.79 Å². The van der Waals surface area contributed by atoms with Crippen LogP contribution in [0.1, 0.15) is 23.2 Å². The molecule has 0 radical (unpaired) electrons. The molecular weight excluding hydrogens is 545 g/mol. The molecule has 0 saturated heterocycles. The first-order valence-corrected chi connectivity index (χ1v) is 17.1. The molecule has 0 bridgehead atoms. The van der Waals surface area contributed by atoms with Crippen molar-refractivity contribution in [2.24, 2.45) is 0 Å². The summed E-state index contributed by atoms with van der Waals surface area (Å²) in [7, 11) is 0. The molecule has 1 N–H and O–H groups in total. The van der Waals surface area contributed by atoms with Crippen molar-refractivity contribution >= 4 is 100 Å². The van der Waals surface area contributed by atoms with E-state index in [1.54, 1.807) is 24.3 Å². The number of benzene rings is 1. The van der Waals surface area contributed by atoms with E-state index in [1.165, 1.54) is 25.4 Å². The van der Waals surface area contributed by atoms with Gasteiger partial charge in [0, 0.05) is 0 Å².